The van der Waals surface area contributed by atoms with E-state index in [0.717, 1.165) is 28.9 Å². The van der Waals surface area contributed by atoms with Crippen LogP contribution in [-0.4, -0.2) is 21.4 Å². The average molecular weight is 268 g/mol. The summed E-state index contributed by atoms with van der Waals surface area (Å²) in [6.07, 6.45) is 6.33. The van der Waals surface area contributed by atoms with Crippen molar-refractivity contribution in [3.8, 4) is 0 Å². The standard InChI is InChI=1S/C12H14ClN3S/c13-9-3-1-2-4-10(9)16-11-8-5-6-17-12(8)15-7-14-11/h5-7,9-10H,1-4H2,(H,14,15,16). The van der Waals surface area contributed by atoms with E-state index >= 15 is 0 Å². The number of hydrogen-bond acceptors (Lipinski definition) is 4. The van der Waals surface area contributed by atoms with E-state index in [9.17, 15) is 0 Å². The van der Waals surface area contributed by atoms with Crippen molar-refractivity contribution in [2.45, 2.75) is 37.1 Å². The highest BCUT2D eigenvalue weighted by atomic mass is 35.5. The van der Waals surface area contributed by atoms with E-state index in [-0.39, 0.29) is 5.38 Å². The Kier molecular flexibility index (Phi) is 3.16. The van der Waals surface area contributed by atoms with E-state index in [1.807, 2.05) is 5.38 Å². The highest BCUT2D eigenvalue weighted by Crippen LogP contribution is 2.29. The minimum absolute atomic E-state index is 0.215. The number of anilines is 1. The topological polar surface area (TPSA) is 37.8 Å². The van der Waals surface area contributed by atoms with Gasteiger partial charge in [0.25, 0.3) is 0 Å². The van der Waals surface area contributed by atoms with E-state index < -0.39 is 0 Å². The van der Waals surface area contributed by atoms with Crippen LogP contribution in [0.3, 0.4) is 0 Å². The van der Waals surface area contributed by atoms with Crippen molar-refractivity contribution >= 4 is 39.0 Å². The normalized spacial score (nSPS) is 25.0. The predicted molar refractivity (Wildman–Crippen MR) is 72.9 cm³/mol. The van der Waals surface area contributed by atoms with E-state index in [0.29, 0.717) is 6.04 Å². The molecule has 0 radical (unpaired) electrons. The molecule has 0 saturated heterocycles. The smallest absolute Gasteiger partial charge is 0.138 e. The van der Waals surface area contributed by atoms with Crippen molar-refractivity contribution in [3.05, 3.63) is 17.8 Å². The Morgan fingerprint density at radius 2 is 2.18 bits per heavy atom. The van der Waals surface area contributed by atoms with Crippen LogP contribution >= 0.6 is 22.9 Å². The number of fused-ring (bicyclic) bond motifs is 1. The van der Waals surface area contributed by atoms with Gasteiger partial charge >= 0.3 is 0 Å². The number of alkyl halides is 1. The first kappa shape index (κ1) is 11.2. The van der Waals surface area contributed by atoms with Gasteiger partial charge in [-0.2, -0.15) is 0 Å². The Bertz CT molecular complexity index is 513. The zero-order valence-corrected chi connectivity index (χ0v) is 11.0. The monoisotopic (exact) mass is 267 g/mol. The van der Waals surface area contributed by atoms with Crippen molar-refractivity contribution in [1.29, 1.82) is 0 Å². The van der Waals surface area contributed by atoms with Crippen LogP contribution in [0.4, 0.5) is 5.82 Å². The molecule has 2 atom stereocenters. The Balaban J connectivity index is 1.86. The van der Waals surface area contributed by atoms with Crippen LogP contribution in [0, 0.1) is 0 Å². The van der Waals surface area contributed by atoms with Crippen molar-refractivity contribution in [2.24, 2.45) is 0 Å². The van der Waals surface area contributed by atoms with Gasteiger partial charge in [0.1, 0.15) is 17.0 Å². The number of nitrogens with zero attached hydrogens (tertiary/aromatic N) is 2. The third-order valence-electron chi connectivity index (χ3n) is 3.27. The maximum Gasteiger partial charge on any atom is 0.138 e. The summed E-state index contributed by atoms with van der Waals surface area (Å²) in [5.41, 5.74) is 0. The quantitative estimate of drug-likeness (QED) is 0.844. The lowest BCUT2D eigenvalue weighted by molar-refractivity contribution is 0.469. The van der Waals surface area contributed by atoms with Crippen LogP contribution in [0.1, 0.15) is 25.7 Å². The molecule has 0 aliphatic heterocycles. The Hall–Kier alpha value is -0.870. The maximum absolute atomic E-state index is 6.35. The van der Waals surface area contributed by atoms with Gasteiger partial charge in [0.15, 0.2) is 0 Å². The summed E-state index contributed by atoms with van der Waals surface area (Å²) in [6, 6.07) is 2.40. The van der Waals surface area contributed by atoms with Gasteiger partial charge in [0, 0.05) is 6.04 Å². The number of aromatic nitrogens is 2. The number of hydrogen-bond donors (Lipinski definition) is 1. The second-order valence-corrected chi connectivity index (χ2v) is 5.87. The summed E-state index contributed by atoms with van der Waals surface area (Å²) < 4.78 is 0. The summed E-state index contributed by atoms with van der Waals surface area (Å²) in [7, 11) is 0. The molecular weight excluding hydrogens is 254 g/mol. The molecule has 3 nitrogen and oxygen atoms in total. The first-order chi connectivity index (χ1) is 8.34. The molecule has 2 aromatic heterocycles. The molecule has 0 aromatic carbocycles. The SMILES string of the molecule is ClC1CCCCC1Nc1ncnc2sccc12. The van der Waals surface area contributed by atoms with Gasteiger partial charge in [-0.15, -0.1) is 22.9 Å². The van der Waals surface area contributed by atoms with Crippen LogP contribution in [0.5, 0.6) is 0 Å². The Morgan fingerprint density at radius 1 is 1.29 bits per heavy atom. The van der Waals surface area contributed by atoms with Crippen LogP contribution in [0.25, 0.3) is 10.2 Å². The predicted octanol–water partition coefficient (Wildman–Crippen LogP) is 3.65. The van der Waals surface area contributed by atoms with Gasteiger partial charge in [-0.1, -0.05) is 12.8 Å². The highest BCUT2D eigenvalue weighted by Gasteiger charge is 2.23. The van der Waals surface area contributed by atoms with Crippen molar-refractivity contribution in [3.63, 3.8) is 0 Å². The Morgan fingerprint density at radius 3 is 3.06 bits per heavy atom. The lowest BCUT2D eigenvalue weighted by Crippen LogP contribution is -2.33. The first-order valence-electron chi connectivity index (χ1n) is 5.93. The number of rotatable bonds is 2. The van der Waals surface area contributed by atoms with Gasteiger partial charge in [-0.25, -0.2) is 9.97 Å². The van der Waals surface area contributed by atoms with Gasteiger partial charge in [0.2, 0.25) is 0 Å². The maximum atomic E-state index is 6.35. The zero-order chi connectivity index (χ0) is 11.7. The largest absolute Gasteiger partial charge is 0.365 e. The molecule has 17 heavy (non-hydrogen) atoms. The van der Waals surface area contributed by atoms with E-state index in [1.54, 1.807) is 17.7 Å². The van der Waals surface area contributed by atoms with Gasteiger partial charge in [-0.3, -0.25) is 0 Å². The van der Waals surface area contributed by atoms with Gasteiger partial charge in [0.05, 0.1) is 10.8 Å². The lowest BCUT2D eigenvalue weighted by Gasteiger charge is -2.28. The van der Waals surface area contributed by atoms with Crippen molar-refractivity contribution in [2.75, 3.05) is 5.32 Å². The van der Waals surface area contributed by atoms with Crippen molar-refractivity contribution in [1.82, 2.24) is 9.97 Å². The number of thiophene rings is 1. The first-order valence-corrected chi connectivity index (χ1v) is 7.25. The van der Waals surface area contributed by atoms with E-state index in [4.69, 9.17) is 11.6 Å². The summed E-state index contributed by atoms with van der Waals surface area (Å²) in [6.45, 7) is 0. The molecule has 0 amide bonds. The molecule has 1 fully saturated rings. The Labute approximate surface area is 109 Å². The fourth-order valence-electron chi connectivity index (χ4n) is 2.33. The van der Waals surface area contributed by atoms with Crippen molar-refractivity contribution < 1.29 is 0 Å². The third-order valence-corrected chi connectivity index (χ3v) is 4.61. The summed E-state index contributed by atoms with van der Waals surface area (Å²) in [5, 5.41) is 6.85. The molecule has 1 N–H and O–H groups in total. The fourth-order valence-corrected chi connectivity index (χ4v) is 3.40. The highest BCUT2D eigenvalue weighted by molar-refractivity contribution is 7.16. The van der Waals surface area contributed by atoms with Crippen LogP contribution in [0.15, 0.2) is 17.8 Å². The lowest BCUT2D eigenvalue weighted by atomic mass is 9.95. The number of halogens is 1. The van der Waals surface area contributed by atoms with Crippen LogP contribution in [0.2, 0.25) is 0 Å². The zero-order valence-electron chi connectivity index (χ0n) is 9.40. The summed E-state index contributed by atoms with van der Waals surface area (Å²) in [4.78, 5) is 9.61. The van der Waals surface area contributed by atoms with Gasteiger partial charge < -0.3 is 5.32 Å². The van der Waals surface area contributed by atoms with Crippen LogP contribution in [-0.2, 0) is 0 Å². The third kappa shape index (κ3) is 2.24. The van der Waals surface area contributed by atoms with Gasteiger partial charge in [-0.05, 0) is 24.3 Å². The molecule has 3 rings (SSSR count). The molecule has 5 heteroatoms. The summed E-state index contributed by atoms with van der Waals surface area (Å²) in [5.74, 6) is 0.925. The molecule has 2 aromatic rings. The number of nitrogens with one attached hydrogen (secondary N) is 1. The molecule has 1 saturated carbocycles. The average Bonchev–Trinajstić information content (AvgIpc) is 2.81. The minimum Gasteiger partial charge on any atom is -0.365 e. The minimum atomic E-state index is 0.215. The molecule has 0 bridgehead atoms. The fraction of sp³-hybridized carbons (Fsp3) is 0.500. The molecule has 1 aliphatic carbocycles. The molecule has 1 aliphatic rings. The van der Waals surface area contributed by atoms with Crippen LogP contribution < -0.4 is 5.32 Å². The van der Waals surface area contributed by atoms with E-state index in [1.165, 1.54) is 12.8 Å². The molecule has 2 unspecified atom stereocenters. The molecular formula is C12H14ClN3S. The molecule has 90 valence electrons. The molecule has 0 spiro atoms. The second kappa shape index (κ2) is 4.78. The van der Waals surface area contributed by atoms with E-state index in [2.05, 4.69) is 21.4 Å². The summed E-state index contributed by atoms with van der Waals surface area (Å²) >= 11 is 7.99. The molecule has 2 heterocycles. The second-order valence-electron chi connectivity index (χ2n) is 4.41.